The number of β-amino-alcohol motifs (C(OH)–C–C–N with tert-alkyl or cyclic N) is 1. The van der Waals surface area contributed by atoms with Crippen LogP contribution in [0.4, 0.5) is 0 Å². The van der Waals surface area contributed by atoms with Crippen LogP contribution in [0.3, 0.4) is 0 Å². The number of pyridine rings is 1. The summed E-state index contributed by atoms with van der Waals surface area (Å²) >= 11 is 0. The number of fused-ring (bicyclic) bond motifs is 5. The molecule has 5 heteroatoms. The van der Waals surface area contributed by atoms with E-state index in [0.717, 1.165) is 57.0 Å². The number of carbonyl (C=O) groups is 1. The number of hydrogen-bond donors (Lipinski definition) is 1. The molecule has 4 aliphatic carbocycles. The van der Waals surface area contributed by atoms with Crippen LogP contribution >= 0.6 is 0 Å². The number of rotatable bonds is 5. The van der Waals surface area contributed by atoms with Gasteiger partial charge in [0.2, 0.25) is 0 Å². The molecule has 0 bridgehead atoms. The van der Waals surface area contributed by atoms with Crippen molar-refractivity contribution in [1.29, 1.82) is 0 Å². The van der Waals surface area contributed by atoms with Gasteiger partial charge in [-0.1, -0.05) is 37.6 Å². The van der Waals surface area contributed by atoms with Gasteiger partial charge in [0.1, 0.15) is 6.10 Å². The maximum atomic E-state index is 13.1. The molecule has 38 heavy (non-hydrogen) atoms. The first-order valence-corrected chi connectivity index (χ1v) is 15.2. The minimum absolute atomic E-state index is 0.0120. The Kier molecular flexibility index (Phi) is 7.05. The van der Waals surface area contributed by atoms with Gasteiger partial charge in [-0.2, -0.15) is 0 Å². The Morgan fingerprint density at radius 3 is 2.63 bits per heavy atom. The van der Waals surface area contributed by atoms with Crippen molar-refractivity contribution in [2.24, 2.45) is 34.5 Å². The second kappa shape index (κ2) is 10.2. The Labute approximate surface area is 228 Å². The second-order valence-corrected chi connectivity index (χ2v) is 13.5. The number of hydrogen-bond acceptors (Lipinski definition) is 5. The van der Waals surface area contributed by atoms with E-state index < -0.39 is 0 Å². The summed E-state index contributed by atoms with van der Waals surface area (Å²) in [5.74, 6) is 2.20. The summed E-state index contributed by atoms with van der Waals surface area (Å²) in [5, 5.41) is 9.66. The van der Waals surface area contributed by atoms with Crippen molar-refractivity contribution in [3.05, 3.63) is 47.8 Å². The quantitative estimate of drug-likeness (QED) is 0.380. The molecule has 206 valence electrons. The van der Waals surface area contributed by atoms with E-state index in [2.05, 4.69) is 48.0 Å². The molecule has 1 saturated heterocycles. The maximum Gasteiger partial charge on any atom is 0.309 e. The van der Waals surface area contributed by atoms with Gasteiger partial charge in [-0.05, 0) is 117 Å². The monoisotopic (exact) mass is 518 g/mol. The van der Waals surface area contributed by atoms with Crippen LogP contribution in [-0.4, -0.2) is 52.8 Å². The number of carbonyl (C=O) groups excluding carboxylic acids is 1. The first-order valence-electron chi connectivity index (χ1n) is 15.2. The summed E-state index contributed by atoms with van der Waals surface area (Å²) in [4.78, 5) is 19.7. The van der Waals surface area contributed by atoms with Crippen molar-refractivity contribution >= 4 is 11.5 Å². The largest absolute Gasteiger partial charge is 0.462 e. The van der Waals surface area contributed by atoms with Crippen LogP contribution in [0, 0.1) is 34.5 Å². The van der Waals surface area contributed by atoms with Gasteiger partial charge in [0, 0.05) is 25.4 Å². The molecule has 1 unspecified atom stereocenters. The fourth-order valence-electron chi connectivity index (χ4n) is 9.25. The van der Waals surface area contributed by atoms with Crippen LogP contribution < -0.4 is 0 Å². The molecule has 0 spiro atoms. The summed E-state index contributed by atoms with van der Waals surface area (Å²) in [7, 11) is 0. The van der Waals surface area contributed by atoms with Crippen molar-refractivity contribution in [2.75, 3.05) is 19.6 Å². The normalized spacial score (nSPS) is 38.3. The zero-order valence-corrected chi connectivity index (χ0v) is 23.6. The van der Waals surface area contributed by atoms with Crippen molar-refractivity contribution in [3.8, 4) is 0 Å². The average molecular weight is 519 g/mol. The van der Waals surface area contributed by atoms with Crippen LogP contribution in [0.5, 0.6) is 0 Å². The third-order valence-electron chi connectivity index (χ3n) is 11.3. The molecule has 2 heterocycles. The average Bonchev–Trinajstić information content (AvgIpc) is 3.26. The Morgan fingerprint density at radius 2 is 1.89 bits per heavy atom. The van der Waals surface area contributed by atoms with Crippen molar-refractivity contribution in [1.82, 2.24) is 9.88 Å². The second-order valence-electron chi connectivity index (χ2n) is 13.5. The molecule has 2 saturated carbocycles. The highest BCUT2D eigenvalue weighted by Crippen LogP contribution is 2.66. The number of piperidine rings is 1. The molecule has 5 aliphatic rings. The summed E-state index contributed by atoms with van der Waals surface area (Å²) < 4.78 is 6.16. The molecular weight excluding hydrogens is 472 g/mol. The third kappa shape index (κ3) is 4.58. The van der Waals surface area contributed by atoms with E-state index >= 15 is 0 Å². The molecule has 1 N–H and O–H groups in total. The molecule has 1 aromatic rings. The summed E-state index contributed by atoms with van der Waals surface area (Å²) in [6.45, 7) is 9.32. The van der Waals surface area contributed by atoms with E-state index in [1.165, 1.54) is 36.8 Å². The molecule has 3 fully saturated rings. The lowest BCUT2D eigenvalue weighted by atomic mass is 9.47. The van der Waals surface area contributed by atoms with Gasteiger partial charge in [-0.25, -0.2) is 0 Å². The van der Waals surface area contributed by atoms with Gasteiger partial charge >= 0.3 is 5.97 Å². The summed E-state index contributed by atoms with van der Waals surface area (Å²) in [6, 6.07) is 4.31. The van der Waals surface area contributed by atoms with Gasteiger partial charge in [-0.15, -0.1) is 0 Å². The molecule has 7 atom stereocenters. The number of likely N-dealkylation sites (tertiary alicyclic amines) is 1. The Morgan fingerprint density at radius 1 is 1.11 bits per heavy atom. The Balaban J connectivity index is 1.10. The third-order valence-corrected chi connectivity index (χ3v) is 11.3. The molecule has 5 nitrogen and oxygen atoms in total. The highest BCUT2D eigenvalue weighted by Gasteiger charge is 2.57. The summed E-state index contributed by atoms with van der Waals surface area (Å²) in [6.07, 6.45) is 18.4. The number of esters is 1. The standard InChI is InChI=1S/C33H46N2O3/c1-22(36)21-35-17-12-23(13-18-35)31(37)38-26-10-14-32(2)25(19-26)6-7-27-29-9-8-28(24-5-4-16-34-20-24)33(29,3)15-11-30(27)32/h4-6,8,16,20,22-23,26-27,29-30,36H,7,9-15,17-19,21H2,1-3H3/t22?,26-,27-,29-,30-,32-,33+/m0/s1. The number of aromatic nitrogens is 1. The molecule has 6 rings (SSSR count). The van der Waals surface area contributed by atoms with E-state index in [0.29, 0.717) is 12.5 Å². The zero-order chi connectivity index (χ0) is 26.5. The fraction of sp³-hybridized carbons (Fsp3) is 0.697. The minimum Gasteiger partial charge on any atom is -0.462 e. The molecule has 0 radical (unpaired) electrons. The zero-order valence-electron chi connectivity index (χ0n) is 23.6. The van der Waals surface area contributed by atoms with Crippen LogP contribution in [0.1, 0.15) is 84.1 Å². The van der Waals surface area contributed by atoms with Gasteiger partial charge in [0.05, 0.1) is 12.0 Å². The Bertz CT molecular complexity index is 1090. The lowest BCUT2D eigenvalue weighted by Gasteiger charge is -2.58. The number of nitrogens with zero attached hydrogens (tertiary/aromatic N) is 2. The molecule has 1 aromatic heterocycles. The summed E-state index contributed by atoms with van der Waals surface area (Å²) in [5.41, 5.74) is 4.91. The first kappa shape index (κ1) is 26.3. The van der Waals surface area contributed by atoms with Crippen LogP contribution in [0.15, 0.2) is 42.3 Å². The smallest absolute Gasteiger partial charge is 0.309 e. The van der Waals surface area contributed by atoms with E-state index in [1.807, 2.05) is 19.3 Å². The fourth-order valence-corrected chi connectivity index (χ4v) is 9.25. The minimum atomic E-state index is -0.315. The molecule has 0 amide bonds. The van der Waals surface area contributed by atoms with Gasteiger partial charge < -0.3 is 14.7 Å². The SMILES string of the molecule is CC(O)CN1CCC(C(=O)O[C@H]2CC[C@@]3(C)C(=CC[C@@H]4[C@@H]3CC[C@]3(C)C(c5cccnc5)=CC[C@@H]43)C2)CC1. The Hall–Kier alpha value is -1.98. The highest BCUT2D eigenvalue weighted by molar-refractivity contribution is 5.73. The van der Waals surface area contributed by atoms with E-state index in [9.17, 15) is 9.90 Å². The van der Waals surface area contributed by atoms with E-state index in [1.54, 1.807) is 5.57 Å². The predicted octanol–water partition coefficient (Wildman–Crippen LogP) is 6.04. The van der Waals surface area contributed by atoms with Gasteiger partial charge in [0.25, 0.3) is 0 Å². The highest BCUT2D eigenvalue weighted by atomic mass is 16.5. The first-order chi connectivity index (χ1) is 18.3. The molecule has 0 aromatic carbocycles. The van der Waals surface area contributed by atoms with Gasteiger partial charge in [-0.3, -0.25) is 9.78 Å². The van der Waals surface area contributed by atoms with E-state index in [-0.39, 0.29) is 34.9 Å². The van der Waals surface area contributed by atoms with E-state index in [4.69, 9.17) is 4.74 Å². The van der Waals surface area contributed by atoms with Crippen LogP contribution in [-0.2, 0) is 9.53 Å². The number of ether oxygens (including phenoxy) is 1. The maximum absolute atomic E-state index is 13.1. The molecule has 1 aliphatic heterocycles. The van der Waals surface area contributed by atoms with Crippen LogP contribution in [0.2, 0.25) is 0 Å². The van der Waals surface area contributed by atoms with Crippen molar-refractivity contribution in [2.45, 2.75) is 90.8 Å². The lowest BCUT2D eigenvalue weighted by molar-refractivity contribution is -0.158. The number of allylic oxidation sites excluding steroid dienone is 3. The predicted molar refractivity (Wildman–Crippen MR) is 150 cm³/mol. The van der Waals surface area contributed by atoms with Crippen molar-refractivity contribution < 1.29 is 14.6 Å². The van der Waals surface area contributed by atoms with Crippen LogP contribution in [0.25, 0.3) is 5.57 Å². The topological polar surface area (TPSA) is 62.7 Å². The van der Waals surface area contributed by atoms with Crippen molar-refractivity contribution in [3.63, 3.8) is 0 Å². The van der Waals surface area contributed by atoms with Gasteiger partial charge in [0.15, 0.2) is 0 Å². The lowest BCUT2D eigenvalue weighted by Crippen LogP contribution is -2.50. The number of aliphatic hydroxyl groups excluding tert-OH is 1. The molecular formula is C33H46N2O3. The number of aliphatic hydroxyl groups is 1.